The molecule has 2 aliphatic heterocycles. The molecular weight excluding hydrogens is 725 g/mol. The van der Waals surface area contributed by atoms with Crippen molar-refractivity contribution in [1.29, 1.82) is 0 Å². The van der Waals surface area contributed by atoms with Crippen molar-refractivity contribution in [2.45, 2.75) is 0 Å². The molecule has 10 rings (SSSR count). The maximum atomic E-state index is 15.7. The van der Waals surface area contributed by atoms with Gasteiger partial charge in [-0.05, 0) is 24.3 Å². The Morgan fingerprint density at radius 2 is 0.845 bits per heavy atom. The number of hydrogen-bond donors (Lipinski definition) is 0. The van der Waals surface area contributed by atoms with Crippen LogP contribution in [-0.4, -0.2) is 98.0 Å². The molecule has 0 atom stereocenters. The third-order valence-corrected chi connectivity index (χ3v) is 10.9. The molecule has 0 amide bonds. The fourth-order valence-corrected chi connectivity index (χ4v) is 7.99. The Hall–Kier alpha value is -7.41. The molecule has 284 valence electrons. The van der Waals surface area contributed by atoms with Gasteiger partial charge in [0.2, 0.25) is 5.78 Å². The molecule has 2 fully saturated rings. The number of carbonyl (C=O) groups excluding carboxylic acids is 1. The summed E-state index contributed by atoms with van der Waals surface area (Å²) >= 11 is 0. The summed E-state index contributed by atoms with van der Waals surface area (Å²) in [5, 5.41) is 1.39. The van der Waals surface area contributed by atoms with Gasteiger partial charge in [-0.2, -0.15) is 0 Å². The van der Waals surface area contributed by atoms with Crippen molar-refractivity contribution >= 4 is 50.6 Å². The largest absolute Gasteiger partial charge is 0.367 e. The van der Waals surface area contributed by atoms with Gasteiger partial charge in [-0.15, -0.1) is 0 Å². The van der Waals surface area contributed by atoms with Crippen LogP contribution in [0, 0.1) is 0 Å². The number of ketones is 1. The molecule has 0 aliphatic carbocycles. The highest BCUT2D eigenvalue weighted by molar-refractivity contribution is 6.22. The van der Waals surface area contributed by atoms with Crippen LogP contribution in [0.25, 0.3) is 44.6 Å². The average Bonchev–Trinajstić information content (AvgIpc) is 3.31. The molecule has 0 bridgehead atoms. The molecule has 0 saturated carbocycles. The summed E-state index contributed by atoms with van der Waals surface area (Å²) in [5.74, 6) is 2.36. The highest BCUT2D eigenvalue weighted by atomic mass is 16.1. The molecule has 4 aromatic heterocycles. The fourth-order valence-electron chi connectivity index (χ4n) is 7.99. The van der Waals surface area contributed by atoms with E-state index in [1.54, 1.807) is 37.2 Å². The minimum absolute atomic E-state index is 0.287. The second-order valence-electron chi connectivity index (χ2n) is 14.3. The summed E-state index contributed by atoms with van der Waals surface area (Å²) < 4.78 is 0. The molecule has 0 spiro atoms. The van der Waals surface area contributed by atoms with E-state index in [4.69, 9.17) is 19.9 Å². The van der Waals surface area contributed by atoms with Crippen LogP contribution in [-0.2, 0) is 0 Å². The number of nitrogens with zero attached hydrogens (tertiary/aromatic N) is 12. The Labute approximate surface area is 334 Å². The number of anilines is 4. The Morgan fingerprint density at radius 1 is 0.431 bits per heavy atom. The third kappa shape index (κ3) is 6.66. The van der Waals surface area contributed by atoms with E-state index in [0.29, 0.717) is 71.0 Å². The van der Waals surface area contributed by atoms with E-state index in [1.807, 2.05) is 84.9 Å². The van der Waals surface area contributed by atoms with E-state index >= 15 is 4.79 Å². The van der Waals surface area contributed by atoms with Crippen LogP contribution >= 0.6 is 0 Å². The van der Waals surface area contributed by atoms with Crippen molar-refractivity contribution in [2.75, 3.05) is 72.0 Å². The van der Waals surface area contributed by atoms with Gasteiger partial charge in [0, 0.05) is 99.6 Å². The SMILES string of the molecule is O=C(c1nc(-c2ccccc2)nc2cccc(N3CCN(c4cnccn4)CC3)c12)c1nc(-c2ccccc2)nc2cccc(N3CCN(c4cnccn4)CC3)c12. The molecule has 58 heavy (non-hydrogen) atoms. The number of hydrogen-bond acceptors (Lipinski definition) is 13. The lowest BCUT2D eigenvalue weighted by atomic mass is 10.0. The van der Waals surface area contributed by atoms with Crippen molar-refractivity contribution in [1.82, 2.24) is 39.9 Å². The van der Waals surface area contributed by atoms with E-state index in [9.17, 15) is 0 Å². The van der Waals surface area contributed by atoms with Crippen molar-refractivity contribution in [3.8, 4) is 22.8 Å². The summed E-state index contributed by atoms with van der Waals surface area (Å²) in [4.78, 5) is 62.9. The Morgan fingerprint density at radius 3 is 1.24 bits per heavy atom. The minimum Gasteiger partial charge on any atom is -0.367 e. The molecular formula is C45H38N12O. The highest BCUT2D eigenvalue weighted by Gasteiger charge is 2.30. The highest BCUT2D eigenvalue weighted by Crippen LogP contribution is 2.36. The summed E-state index contributed by atoms with van der Waals surface area (Å²) in [6.07, 6.45) is 10.4. The summed E-state index contributed by atoms with van der Waals surface area (Å²) in [5.41, 5.74) is 5.43. The van der Waals surface area contributed by atoms with Gasteiger partial charge < -0.3 is 19.6 Å². The first kappa shape index (κ1) is 35.0. The number of fused-ring (bicyclic) bond motifs is 2. The minimum atomic E-state index is -0.287. The Bertz CT molecular complexity index is 2540. The molecule has 8 aromatic rings. The molecule has 13 nitrogen and oxygen atoms in total. The van der Waals surface area contributed by atoms with Crippen LogP contribution in [0.1, 0.15) is 16.2 Å². The zero-order valence-corrected chi connectivity index (χ0v) is 31.6. The topological polar surface area (TPSA) is 133 Å². The van der Waals surface area contributed by atoms with Crippen LogP contribution in [0.15, 0.2) is 134 Å². The lowest BCUT2D eigenvalue weighted by Crippen LogP contribution is -2.47. The number of rotatable bonds is 8. The molecule has 2 aliphatic rings. The van der Waals surface area contributed by atoms with Gasteiger partial charge in [-0.25, -0.2) is 29.9 Å². The Kier molecular flexibility index (Phi) is 9.22. The van der Waals surface area contributed by atoms with Crippen molar-refractivity contribution < 1.29 is 4.79 Å². The van der Waals surface area contributed by atoms with Crippen LogP contribution in [0.2, 0.25) is 0 Å². The number of aromatic nitrogens is 8. The maximum absolute atomic E-state index is 15.7. The van der Waals surface area contributed by atoms with Crippen LogP contribution in [0.3, 0.4) is 0 Å². The first-order valence-corrected chi connectivity index (χ1v) is 19.5. The van der Waals surface area contributed by atoms with Crippen LogP contribution < -0.4 is 19.6 Å². The molecule has 6 heterocycles. The zero-order valence-electron chi connectivity index (χ0n) is 31.6. The molecule has 0 N–H and O–H groups in total. The number of piperazine rings is 2. The van der Waals surface area contributed by atoms with Gasteiger partial charge in [0.25, 0.3) is 0 Å². The normalized spacial score (nSPS) is 14.6. The summed E-state index contributed by atoms with van der Waals surface area (Å²) in [6, 6.07) is 31.7. The van der Waals surface area contributed by atoms with E-state index < -0.39 is 0 Å². The fraction of sp³-hybridized carbons (Fsp3) is 0.178. The van der Waals surface area contributed by atoms with E-state index in [1.165, 1.54) is 0 Å². The quantitative estimate of drug-likeness (QED) is 0.159. The lowest BCUT2D eigenvalue weighted by Gasteiger charge is -2.37. The van der Waals surface area contributed by atoms with Gasteiger partial charge >= 0.3 is 0 Å². The zero-order chi connectivity index (χ0) is 38.8. The van der Waals surface area contributed by atoms with Gasteiger partial charge in [0.05, 0.1) is 34.2 Å². The second-order valence-corrected chi connectivity index (χ2v) is 14.3. The Balaban J connectivity index is 1.12. The first-order valence-electron chi connectivity index (χ1n) is 19.5. The molecule has 2 saturated heterocycles. The van der Waals surface area contributed by atoms with Crippen LogP contribution in [0.4, 0.5) is 23.0 Å². The first-order chi connectivity index (χ1) is 28.7. The summed E-state index contributed by atoms with van der Waals surface area (Å²) in [6.45, 7) is 5.81. The van der Waals surface area contributed by atoms with Gasteiger partial charge in [0.1, 0.15) is 23.0 Å². The van der Waals surface area contributed by atoms with Crippen molar-refractivity contribution in [2.24, 2.45) is 0 Å². The maximum Gasteiger partial charge on any atom is 0.231 e. The molecule has 13 heteroatoms. The summed E-state index contributed by atoms with van der Waals surface area (Å²) in [7, 11) is 0. The van der Waals surface area contributed by atoms with E-state index in [0.717, 1.165) is 60.3 Å². The van der Waals surface area contributed by atoms with E-state index in [2.05, 4.69) is 51.7 Å². The molecule has 0 radical (unpaired) electrons. The average molecular weight is 763 g/mol. The van der Waals surface area contributed by atoms with E-state index in [-0.39, 0.29) is 5.78 Å². The predicted octanol–water partition coefficient (Wildman–Crippen LogP) is 6.37. The van der Waals surface area contributed by atoms with Gasteiger partial charge in [-0.3, -0.25) is 14.8 Å². The van der Waals surface area contributed by atoms with Gasteiger partial charge in [0.15, 0.2) is 11.6 Å². The number of benzene rings is 4. The van der Waals surface area contributed by atoms with Crippen molar-refractivity contribution in [3.05, 3.63) is 146 Å². The van der Waals surface area contributed by atoms with Gasteiger partial charge in [-0.1, -0.05) is 72.8 Å². The predicted molar refractivity (Wildman–Crippen MR) is 226 cm³/mol. The number of carbonyl (C=O) groups is 1. The molecule has 0 unspecified atom stereocenters. The smallest absolute Gasteiger partial charge is 0.231 e. The third-order valence-electron chi connectivity index (χ3n) is 10.9. The van der Waals surface area contributed by atoms with Crippen LogP contribution in [0.5, 0.6) is 0 Å². The second kappa shape index (κ2) is 15.3. The lowest BCUT2D eigenvalue weighted by molar-refractivity contribution is 0.103. The molecule has 4 aromatic carbocycles. The van der Waals surface area contributed by atoms with Crippen molar-refractivity contribution in [3.63, 3.8) is 0 Å². The standard InChI is InChI=1S/C45H38N12O/c58-43(41-39-33(50-44(52-41)31-9-3-1-4-10-31)13-7-15-35(39)54-21-25-56(26-22-54)37-29-46-17-19-48-37)42-40-34(51-45(53-42)32-11-5-2-6-12-32)14-8-16-36(40)55-23-27-57(28-24-55)38-30-47-18-20-49-38/h1-20,29-30H,21-28H2. The monoisotopic (exact) mass is 762 g/mol.